The third-order valence-corrected chi connectivity index (χ3v) is 9.15. The Labute approximate surface area is 201 Å². The van der Waals surface area contributed by atoms with Gasteiger partial charge < -0.3 is 9.80 Å². The molecule has 2 aromatic rings. The fraction of sp³-hybridized carbons (Fsp3) is 0.462. The fourth-order valence-corrected chi connectivity index (χ4v) is 6.73. The first-order valence-corrected chi connectivity index (χ1v) is 13.6. The van der Waals surface area contributed by atoms with E-state index in [1.165, 1.54) is 28.4 Å². The number of piperazine rings is 1. The lowest BCUT2D eigenvalue weighted by Gasteiger charge is -2.36. The van der Waals surface area contributed by atoms with Gasteiger partial charge in [-0.25, -0.2) is 8.42 Å². The molecule has 0 aromatic heterocycles. The van der Waals surface area contributed by atoms with Crippen LogP contribution in [-0.2, 0) is 21.2 Å². The van der Waals surface area contributed by atoms with E-state index in [4.69, 9.17) is 0 Å². The molecule has 34 heavy (non-hydrogen) atoms. The molecule has 180 valence electrons. The van der Waals surface area contributed by atoms with Crippen molar-refractivity contribution < 1.29 is 18.0 Å². The molecule has 7 nitrogen and oxygen atoms in total. The van der Waals surface area contributed by atoms with Crippen molar-refractivity contribution >= 4 is 21.8 Å². The monoisotopic (exact) mass is 481 g/mol. The van der Waals surface area contributed by atoms with Gasteiger partial charge in [0.15, 0.2) is 0 Å². The van der Waals surface area contributed by atoms with Crippen LogP contribution < -0.4 is 0 Å². The maximum Gasteiger partial charge on any atom is 0.254 e. The van der Waals surface area contributed by atoms with Crippen molar-refractivity contribution in [3.8, 4) is 0 Å². The third kappa shape index (κ3) is 4.36. The van der Waals surface area contributed by atoms with Crippen LogP contribution in [0.25, 0.3) is 0 Å². The van der Waals surface area contributed by atoms with E-state index in [1.54, 1.807) is 23.1 Å². The van der Waals surface area contributed by atoms with Crippen LogP contribution in [0.2, 0.25) is 0 Å². The van der Waals surface area contributed by atoms with E-state index in [-0.39, 0.29) is 41.9 Å². The Hall–Kier alpha value is -2.71. The second-order valence-electron chi connectivity index (χ2n) is 9.49. The minimum absolute atomic E-state index is 0.0323. The molecule has 1 unspecified atom stereocenters. The smallest absolute Gasteiger partial charge is 0.254 e. The van der Waals surface area contributed by atoms with E-state index in [2.05, 4.69) is 18.2 Å². The molecule has 0 spiro atoms. The molecule has 1 aliphatic heterocycles. The lowest BCUT2D eigenvalue weighted by atomic mass is 9.86. The molecule has 8 heteroatoms. The molecular weight excluding hydrogens is 450 g/mol. The predicted octanol–water partition coefficient (Wildman–Crippen LogP) is 3.22. The number of rotatable bonds is 5. The number of fused-ring (bicyclic) bond motifs is 1. The summed E-state index contributed by atoms with van der Waals surface area (Å²) in [6.45, 7) is 2.77. The van der Waals surface area contributed by atoms with Crippen LogP contribution in [0.4, 0.5) is 0 Å². The number of hydrogen-bond acceptors (Lipinski definition) is 4. The lowest BCUT2D eigenvalue weighted by molar-refractivity contribution is -0.129. The Kier molecular flexibility index (Phi) is 6.20. The van der Waals surface area contributed by atoms with Crippen molar-refractivity contribution in [3.05, 3.63) is 65.2 Å². The summed E-state index contributed by atoms with van der Waals surface area (Å²) in [5.74, 6) is -0.142. The van der Waals surface area contributed by atoms with Gasteiger partial charge in [-0.3, -0.25) is 9.59 Å². The van der Waals surface area contributed by atoms with Gasteiger partial charge in [-0.05, 0) is 61.4 Å². The summed E-state index contributed by atoms with van der Waals surface area (Å²) in [5.41, 5.74) is 2.94. The van der Waals surface area contributed by atoms with Crippen LogP contribution in [0.3, 0.4) is 0 Å². The Bertz CT molecular complexity index is 1200. The SMILES string of the molecule is CC(=O)N1CCN(S(=O)(=O)c2cccc(C(=O)N(C3CC3)C3CCCc4ccccc43)c2)CC1. The van der Waals surface area contributed by atoms with Crippen molar-refractivity contribution in [1.29, 1.82) is 0 Å². The predicted molar refractivity (Wildman–Crippen MR) is 129 cm³/mol. The lowest BCUT2D eigenvalue weighted by Crippen LogP contribution is -2.49. The number of benzene rings is 2. The summed E-state index contributed by atoms with van der Waals surface area (Å²) in [7, 11) is -3.75. The van der Waals surface area contributed by atoms with Gasteiger partial charge in [0.25, 0.3) is 5.91 Å². The summed E-state index contributed by atoms with van der Waals surface area (Å²) in [6.07, 6.45) is 4.98. The molecule has 2 aromatic carbocycles. The van der Waals surface area contributed by atoms with E-state index in [0.717, 1.165) is 32.1 Å². The summed E-state index contributed by atoms with van der Waals surface area (Å²) >= 11 is 0. The first-order chi connectivity index (χ1) is 16.4. The van der Waals surface area contributed by atoms with Crippen molar-refractivity contribution in [2.45, 2.75) is 56.0 Å². The zero-order chi connectivity index (χ0) is 23.9. The van der Waals surface area contributed by atoms with Gasteiger partial charge in [0.05, 0.1) is 10.9 Å². The van der Waals surface area contributed by atoms with E-state index in [0.29, 0.717) is 18.7 Å². The molecule has 2 aliphatic carbocycles. The van der Waals surface area contributed by atoms with Crippen molar-refractivity contribution in [1.82, 2.24) is 14.1 Å². The normalized spacial score (nSPS) is 21.1. The highest BCUT2D eigenvalue weighted by Gasteiger charge is 2.40. The van der Waals surface area contributed by atoms with Gasteiger partial charge in [-0.2, -0.15) is 4.31 Å². The maximum absolute atomic E-state index is 13.8. The molecule has 1 atom stereocenters. The van der Waals surface area contributed by atoms with E-state index >= 15 is 0 Å². The molecule has 1 saturated heterocycles. The average molecular weight is 482 g/mol. The van der Waals surface area contributed by atoms with Crippen LogP contribution in [0, 0.1) is 0 Å². The second-order valence-corrected chi connectivity index (χ2v) is 11.4. The third-order valence-electron chi connectivity index (χ3n) is 7.25. The molecule has 0 bridgehead atoms. The first kappa shape index (κ1) is 23.1. The van der Waals surface area contributed by atoms with Gasteiger partial charge in [-0.15, -0.1) is 0 Å². The largest absolute Gasteiger partial charge is 0.340 e. The molecular formula is C26H31N3O4S. The van der Waals surface area contributed by atoms with Crippen LogP contribution >= 0.6 is 0 Å². The van der Waals surface area contributed by atoms with Crippen LogP contribution in [0.15, 0.2) is 53.4 Å². The first-order valence-electron chi connectivity index (χ1n) is 12.1. The molecule has 0 N–H and O–H groups in total. The van der Waals surface area contributed by atoms with E-state index in [1.807, 2.05) is 11.0 Å². The van der Waals surface area contributed by atoms with Crippen LogP contribution in [-0.4, -0.2) is 66.6 Å². The number of carbonyl (C=O) groups excluding carboxylic acids is 2. The van der Waals surface area contributed by atoms with Crippen molar-refractivity contribution in [2.24, 2.45) is 0 Å². The number of amides is 2. The van der Waals surface area contributed by atoms with Gasteiger partial charge in [-0.1, -0.05) is 30.3 Å². The Morgan fingerprint density at radius 2 is 1.68 bits per heavy atom. The van der Waals surface area contributed by atoms with Gasteiger partial charge >= 0.3 is 0 Å². The summed E-state index contributed by atoms with van der Waals surface area (Å²) in [5, 5.41) is 0. The number of sulfonamides is 1. The van der Waals surface area contributed by atoms with Crippen LogP contribution in [0.5, 0.6) is 0 Å². The minimum Gasteiger partial charge on any atom is -0.340 e. The van der Waals surface area contributed by atoms with Gasteiger partial charge in [0.2, 0.25) is 15.9 Å². The number of hydrogen-bond donors (Lipinski definition) is 0. The zero-order valence-corrected chi connectivity index (χ0v) is 20.3. The molecule has 2 amide bonds. The zero-order valence-electron chi connectivity index (χ0n) is 19.5. The van der Waals surface area contributed by atoms with E-state index in [9.17, 15) is 18.0 Å². The van der Waals surface area contributed by atoms with E-state index < -0.39 is 10.0 Å². The molecule has 1 heterocycles. The maximum atomic E-state index is 13.8. The standard InChI is InChI=1S/C26H31N3O4S/c1-19(30)27-14-16-28(17-15-27)34(32,33)23-9-4-8-21(18-23)26(31)29(22-12-13-22)25-11-5-7-20-6-2-3-10-24(20)25/h2-4,6,8-10,18,22,25H,5,7,11-17H2,1H3. The Morgan fingerprint density at radius 3 is 2.38 bits per heavy atom. The summed E-state index contributed by atoms with van der Waals surface area (Å²) < 4.78 is 28.0. The Morgan fingerprint density at radius 1 is 0.941 bits per heavy atom. The minimum atomic E-state index is -3.75. The highest BCUT2D eigenvalue weighted by molar-refractivity contribution is 7.89. The molecule has 0 radical (unpaired) electrons. The number of carbonyl (C=O) groups is 2. The summed E-state index contributed by atoms with van der Waals surface area (Å²) in [6, 6.07) is 15.1. The highest BCUT2D eigenvalue weighted by Crippen LogP contribution is 2.41. The molecule has 2 fully saturated rings. The van der Waals surface area contributed by atoms with Crippen LogP contribution in [0.1, 0.15) is 60.1 Å². The van der Waals surface area contributed by atoms with Gasteiger partial charge in [0, 0.05) is 44.7 Å². The number of nitrogens with zero attached hydrogens (tertiary/aromatic N) is 3. The van der Waals surface area contributed by atoms with Crippen molar-refractivity contribution in [3.63, 3.8) is 0 Å². The highest BCUT2D eigenvalue weighted by atomic mass is 32.2. The second kappa shape index (κ2) is 9.15. The topological polar surface area (TPSA) is 78.0 Å². The molecule has 1 saturated carbocycles. The summed E-state index contributed by atoms with van der Waals surface area (Å²) in [4.78, 5) is 29.2. The quantitative estimate of drug-likeness (QED) is 0.657. The van der Waals surface area contributed by atoms with Crippen molar-refractivity contribution in [2.75, 3.05) is 26.2 Å². The molecule has 3 aliphatic rings. The average Bonchev–Trinajstić information content (AvgIpc) is 3.69. The Balaban J connectivity index is 1.41. The number of aryl methyl sites for hydroxylation is 1. The molecule has 5 rings (SSSR count). The fourth-order valence-electron chi connectivity index (χ4n) is 5.26. The van der Waals surface area contributed by atoms with Gasteiger partial charge in [0.1, 0.15) is 0 Å².